The molecule has 2 aromatic carbocycles. The minimum atomic E-state index is -0.677. The molecule has 8 heteroatoms. The molecule has 2 aromatic rings. The molecule has 170 valence electrons. The third kappa shape index (κ3) is 4.91. The Bertz CT molecular complexity index is 1030. The van der Waals surface area contributed by atoms with Crippen molar-refractivity contribution in [2.45, 2.75) is 26.3 Å². The van der Waals surface area contributed by atoms with E-state index in [4.69, 9.17) is 4.74 Å². The normalized spacial score (nSPS) is 19.2. The van der Waals surface area contributed by atoms with Crippen molar-refractivity contribution in [2.75, 3.05) is 38.1 Å². The Hall–Kier alpha value is -3.00. The van der Waals surface area contributed by atoms with Crippen LogP contribution >= 0.6 is 0 Å². The first-order chi connectivity index (χ1) is 15.3. The minimum absolute atomic E-state index is 0.106. The fourth-order valence-electron chi connectivity index (χ4n) is 4.17. The number of carbonyl (C=O) groups is 2. The molecule has 1 N–H and O–H groups in total. The van der Waals surface area contributed by atoms with Crippen molar-refractivity contribution in [3.05, 3.63) is 48.0 Å². The fraction of sp³-hybridized carbons (Fsp3) is 0.417. The van der Waals surface area contributed by atoms with Crippen LogP contribution in [-0.4, -0.2) is 60.4 Å². The minimum Gasteiger partial charge on any atom is -0.490 e. The maximum Gasteiger partial charge on any atom is 0.238 e. The maximum absolute atomic E-state index is 14.2. The molecule has 32 heavy (non-hydrogen) atoms. The van der Waals surface area contributed by atoms with E-state index in [-0.39, 0.29) is 35.9 Å². The highest BCUT2D eigenvalue weighted by Crippen LogP contribution is 2.33. The highest BCUT2D eigenvalue weighted by Gasteiger charge is 2.32. The summed E-state index contributed by atoms with van der Waals surface area (Å²) in [6, 6.07) is 8.27. The van der Waals surface area contributed by atoms with Crippen LogP contribution in [0.2, 0.25) is 0 Å². The number of hydrogen-bond acceptors (Lipinski definition) is 4. The van der Waals surface area contributed by atoms with Gasteiger partial charge >= 0.3 is 0 Å². The Kier molecular flexibility index (Phi) is 6.41. The monoisotopic (exact) mass is 443 g/mol. The van der Waals surface area contributed by atoms with E-state index >= 15 is 0 Å². The van der Waals surface area contributed by atoms with Gasteiger partial charge in [0.2, 0.25) is 11.8 Å². The maximum atomic E-state index is 14.2. The molecule has 0 bridgehead atoms. The van der Waals surface area contributed by atoms with Gasteiger partial charge in [0.1, 0.15) is 24.0 Å². The number of fused-ring (bicyclic) bond motifs is 2. The molecule has 1 fully saturated rings. The Morgan fingerprint density at radius 1 is 1.19 bits per heavy atom. The summed E-state index contributed by atoms with van der Waals surface area (Å²) in [4.78, 5) is 29.1. The van der Waals surface area contributed by atoms with Crippen molar-refractivity contribution in [2.24, 2.45) is 5.92 Å². The predicted octanol–water partition coefficient (Wildman–Crippen LogP) is 3.52. The summed E-state index contributed by atoms with van der Waals surface area (Å²) in [5.41, 5.74) is 1.18. The van der Waals surface area contributed by atoms with Gasteiger partial charge in [-0.15, -0.1) is 0 Å². The molecule has 2 aliphatic heterocycles. The smallest absolute Gasteiger partial charge is 0.238 e. The van der Waals surface area contributed by atoms with Crippen LogP contribution in [0.15, 0.2) is 36.4 Å². The number of amides is 2. The van der Waals surface area contributed by atoms with E-state index in [1.54, 1.807) is 18.2 Å². The van der Waals surface area contributed by atoms with E-state index < -0.39 is 11.6 Å². The number of hydrogen-bond donors (Lipinski definition) is 1. The number of benzene rings is 2. The van der Waals surface area contributed by atoms with Crippen molar-refractivity contribution in [1.29, 1.82) is 0 Å². The van der Waals surface area contributed by atoms with Crippen molar-refractivity contribution >= 4 is 17.5 Å². The second kappa shape index (κ2) is 9.24. The molecule has 0 saturated carbocycles. The molecule has 1 atom stereocenters. The largest absolute Gasteiger partial charge is 0.490 e. The molecule has 1 saturated heterocycles. The summed E-state index contributed by atoms with van der Waals surface area (Å²) in [5.74, 6) is -0.658. The first kappa shape index (κ1) is 22.2. The molecule has 0 radical (unpaired) electrons. The third-order valence-corrected chi connectivity index (χ3v) is 5.81. The molecular formula is C24H27F2N3O3. The van der Waals surface area contributed by atoms with Crippen molar-refractivity contribution in [3.8, 4) is 16.9 Å². The number of anilines is 1. The van der Waals surface area contributed by atoms with Gasteiger partial charge in [0.25, 0.3) is 0 Å². The van der Waals surface area contributed by atoms with E-state index in [1.165, 1.54) is 12.1 Å². The molecular weight excluding hydrogens is 416 g/mol. The van der Waals surface area contributed by atoms with Crippen LogP contribution in [0.25, 0.3) is 11.1 Å². The van der Waals surface area contributed by atoms with Gasteiger partial charge in [-0.25, -0.2) is 8.78 Å². The average molecular weight is 443 g/mol. The van der Waals surface area contributed by atoms with E-state index in [0.717, 1.165) is 6.07 Å². The van der Waals surface area contributed by atoms with Crippen molar-refractivity contribution in [3.63, 3.8) is 0 Å². The zero-order valence-corrected chi connectivity index (χ0v) is 18.2. The Morgan fingerprint density at radius 2 is 2.00 bits per heavy atom. The van der Waals surface area contributed by atoms with E-state index in [1.807, 2.05) is 23.6 Å². The lowest BCUT2D eigenvalue weighted by Crippen LogP contribution is -2.58. The van der Waals surface area contributed by atoms with Gasteiger partial charge in [-0.1, -0.05) is 19.9 Å². The average Bonchev–Trinajstić information content (AvgIpc) is 2.79. The molecule has 0 spiro atoms. The lowest BCUT2D eigenvalue weighted by atomic mass is 10.0. The van der Waals surface area contributed by atoms with Crippen molar-refractivity contribution < 1.29 is 23.1 Å². The van der Waals surface area contributed by atoms with Crippen LogP contribution < -0.4 is 10.1 Å². The first-order valence-electron chi connectivity index (χ1n) is 10.8. The van der Waals surface area contributed by atoms with Crippen molar-refractivity contribution in [1.82, 2.24) is 9.80 Å². The number of nitrogens with one attached hydrogen (secondary N) is 1. The third-order valence-electron chi connectivity index (χ3n) is 5.81. The number of carbonyl (C=O) groups excluding carboxylic acids is 2. The summed E-state index contributed by atoms with van der Waals surface area (Å²) in [6.45, 7) is 6.21. The Labute approximate surface area is 186 Å². The zero-order valence-electron chi connectivity index (χ0n) is 18.2. The first-order valence-corrected chi connectivity index (χ1v) is 10.8. The number of nitrogens with zero attached hydrogens (tertiary/aromatic N) is 2. The van der Waals surface area contributed by atoms with E-state index in [2.05, 4.69) is 5.32 Å². The van der Waals surface area contributed by atoms with Gasteiger partial charge in [-0.05, 0) is 35.7 Å². The summed E-state index contributed by atoms with van der Waals surface area (Å²) >= 11 is 0. The Balaban J connectivity index is 1.55. The number of halogens is 2. The van der Waals surface area contributed by atoms with Gasteiger partial charge in [0.05, 0.1) is 18.3 Å². The topological polar surface area (TPSA) is 61.9 Å². The van der Waals surface area contributed by atoms with Gasteiger partial charge in [0, 0.05) is 37.7 Å². The lowest BCUT2D eigenvalue weighted by molar-refractivity contribution is -0.135. The number of piperazine rings is 1. The SMILES string of the molecule is CC(C)CC(=O)N1CCN2CC(=O)Nc3cc(-c4ccc(F)cc4F)ccc3OC[C@H]2C1. The summed E-state index contributed by atoms with van der Waals surface area (Å²) < 4.78 is 33.5. The summed E-state index contributed by atoms with van der Waals surface area (Å²) in [6.07, 6.45) is 0.500. The summed E-state index contributed by atoms with van der Waals surface area (Å²) in [5, 5.41) is 2.85. The van der Waals surface area contributed by atoms with Gasteiger partial charge in [-0.3, -0.25) is 14.5 Å². The standard InChI is InChI=1S/C24H27F2N3O3/c1-15(2)9-24(31)29-8-7-28-13-23(30)27-21-10-16(19-5-4-17(25)11-20(19)26)3-6-22(21)32-14-18(28)12-29/h3-6,10-11,15,18H,7-9,12-14H2,1-2H3,(H,27,30)/t18-/m1/s1. The van der Waals surface area contributed by atoms with Gasteiger partial charge < -0.3 is 15.0 Å². The van der Waals surface area contributed by atoms with Crippen LogP contribution in [0.4, 0.5) is 14.5 Å². The van der Waals surface area contributed by atoms with Gasteiger partial charge in [-0.2, -0.15) is 0 Å². The Morgan fingerprint density at radius 3 is 2.75 bits per heavy atom. The molecule has 2 aliphatic rings. The zero-order chi connectivity index (χ0) is 22.8. The van der Waals surface area contributed by atoms with Crippen LogP contribution in [0.1, 0.15) is 20.3 Å². The van der Waals surface area contributed by atoms with Gasteiger partial charge in [0.15, 0.2) is 0 Å². The van der Waals surface area contributed by atoms with Crippen LogP contribution in [0, 0.1) is 17.6 Å². The molecule has 0 aliphatic carbocycles. The molecule has 4 rings (SSSR count). The molecule has 2 amide bonds. The fourth-order valence-corrected chi connectivity index (χ4v) is 4.17. The number of ether oxygens (including phenoxy) is 1. The lowest BCUT2D eigenvalue weighted by Gasteiger charge is -2.40. The van der Waals surface area contributed by atoms with E-state index in [0.29, 0.717) is 49.7 Å². The van der Waals surface area contributed by atoms with Crippen LogP contribution in [0.3, 0.4) is 0 Å². The molecule has 6 nitrogen and oxygen atoms in total. The predicted molar refractivity (Wildman–Crippen MR) is 117 cm³/mol. The molecule has 0 aromatic heterocycles. The highest BCUT2D eigenvalue weighted by molar-refractivity contribution is 5.94. The van der Waals surface area contributed by atoms with E-state index in [9.17, 15) is 18.4 Å². The molecule has 0 unspecified atom stereocenters. The van der Waals surface area contributed by atoms with Crippen LogP contribution in [0.5, 0.6) is 5.75 Å². The summed E-state index contributed by atoms with van der Waals surface area (Å²) in [7, 11) is 0. The molecule has 2 heterocycles. The second-order valence-corrected chi connectivity index (χ2v) is 8.76. The number of rotatable bonds is 3. The second-order valence-electron chi connectivity index (χ2n) is 8.76. The highest BCUT2D eigenvalue weighted by atomic mass is 19.1. The van der Waals surface area contributed by atoms with Crippen LogP contribution in [-0.2, 0) is 9.59 Å². The quantitative estimate of drug-likeness (QED) is 0.789.